The van der Waals surface area contributed by atoms with E-state index in [-0.39, 0.29) is 22.9 Å². The molecule has 0 atom stereocenters. The minimum absolute atomic E-state index is 0.108. The smallest absolute Gasteiger partial charge is 0.164 e. The molecule has 1 aliphatic carbocycles. The number of aromatic nitrogens is 1. The number of hydrogen-bond donors (Lipinski definition) is 3. The molecule has 28 heavy (non-hydrogen) atoms. The minimum atomic E-state index is -0.672. The van der Waals surface area contributed by atoms with E-state index in [0.29, 0.717) is 23.0 Å². The summed E-state index contributed by atoms with van der Waals surface area (Å²) in [6.07, 6.45) is 4.98. The van der Waals surface area contributed by atoms with Gasteiger partial charge in [-0.3, -0.25) is 4.79 Å². The normalized spacial score (nSPS) is 19.3. The summed E-state index contributed by atoms with van der Waals surface area (Å²) in [5.41, 5.74) is 6.41. The van der Waals surface area contributed by atoms with Gasteiger partial charge in [0.1, 0.15) is 17.4 Å². The molecule has 0 radical (unpaired) electrons. The molecule has 0 unspecified atom stereocenters. The fraction of sp³-hybridized carbons (Fsp3) is 0.429. The third kappa shape index (κ3) is 4.25. The van der Waals surface area contributed by atoms with Gasteiger partial charge in [-0.1, -0.05) is 0 Å². The number of aliphatic hydroxyl groups is 1. The van der Waals surface area contributed by atoms with Crippen LogP contribution in [0.5, 0.6) is 5.75 Å². The van der Waals surface area contributed by atoms with Crippen molar-refractivity contribution in [2.45, 2.75) is 38.7 Å². The van der Waals surface area contributed by atoms with Gasteiger partial charge in [0.05, 0.1) is 18.8 Å². The summed E-state index contributed by atoms with van der Waals surface area (Å²) in [6, 6.07) is 4.76. The molecule has 150 valence electrons. The average Bonchev–Trinajstić information content (AvgIpc) is 2.67. The van der Waals surface area contributed by atoms with Crippen LogP contribution in [0.25, 0.3) is 11.1 Å². The second-order valence-corrected chi connectivity index (χ2v) is 7.27. The van der Waals surface area contributed by atoms with Crippen molar-refractivity contribution in [2.75, 3.05) is 24.7 Å². The lowest BCUT2D eigenvalue weighted by molar-refractivity contribution is 0.101. The number of rotatable bonds is 6. The van der Waals surface area contributed by atoms with Crippen LogP contribution < -0.4 is 15.8 Å². The molecule has 0 amide bonds. The third-order valence-electron chi connectivity index (χ3n) is 5.29. The van der Waals surface area contributed by atoms with Crippen LogP contribution in [0, 0.1) is 11.7 Å². The van der Waals surface area contributed by atoms with E-state index in [4.69, 9.17) is 10.5 Å². The van der Waals surface area contributed by atoms with E-state index in [9.17, 15) is 14.3 Å². The van der Waals surface area contributed by atoms with Crippen molar-refractivity contribution in [1.82, 2.24) is 4.98 Å². The van der Waals surface area contributed by atoms with E-state index in [0.717, 1.165) is 32.2 Å². The Hall–Kier alpha value is -2.67. The van der Waals surface area contributed by atoms with Crippen LogP contribution in [-0.2, 0) is 0 Å². The number of carbonyl (C=O) groups excluding carboxylic acids is 1. The molecule has 4 N–H and O–H groups in total. The number of nitrogens with two attached hydrogens (primary N) is 1. The van der Waals surface area contributed by atoms with Crippen LogP contribution >= 0.6 is 0 Å². The number of nitrogens with one attached hydrogen (secondary N) is 1. The summed E-state index contributed by atoms with van der Waals surface area (Å²) in [7, 11) is 1.51. The van der Waals surface area contributed by atoms with Crippen LogP contribution in [-0.4, -0.2) is 35.6 Å². The summed E-state index contributed by atoms with van der Waals surface area (Å²) in [6.45, 7) is 2.04. The van der Waals surface area contributed by atoms with Gasteiger partial charge in [-0.15, -0.1) is 0 Å². The number of anilines is 2. The van der Waals surface area contributed by atoms with Crippen LogP contribution in [0.3, 0.4) is 0 Å². The Labute approximate surface area is 163 Å². The molecule has 0 aliphatic heterocycles. The summed E-state index contributed by atoms with van der Waals surface area (Å²) >= 11 is 0. The molecule has 7 heteroatoms. The van der Waals surface area contributed by atoms with Gasteiger partial charge in [0.15, 0.2) is 5.78 Å². The van der Waals surface area contributed by atoms with Crippen molar-refractivity contribution < 1.29 is 19.0 Å². The number of aliphatic hydroxyl groups excluding tert-OH is 1. The zero-order valence-corrected chi connectivity index (χ0v) is 16.2. The second kappa shape index (κ2) is 8.56. The fourth-order valence-corrected chi connectivity index (χ4v) is 3.66. The minimum Gasteiger partial charge on any atom is -0.496 e. The molecule has 2 aromatic rings. The quantitative estimate of drug-likeness (QED) is 0.517. The number of methoxy groups -OCH3 is 1. The van der Waals surface area contributed by atoms with Crippen LogP contribution in [0.4, 0.5) is 15.9 Å². The Kier molecular flexibility index (Phi) is 6.14. The Morgan fingerprint density at radius 3 is 2.68 bits per heavy atom. The van der Waals surface area contributed by atoms with E-state index < -0.39 is 11.6 Å². The maximum atomic E-state index is 14.9. The zero-order chi connectivity index (χ0) is 20.3. The van der Waals surface area contributed by atoms with E-state index in [1.807, 2.05) is 0 Å². The largest absolute Gasteiger partial charge is 0.496 e. The molecular formula is C21H26FN3O3. The molecule has 0 spiro atoms. The van der Waals surface area contributed by atoms with E-state index in [2.05, 4.69) is 10.3 Å². The lowest BCUT2D eigenvalue weighted by atomic mass is 9.87. The number of nitrogens with zero attached hydrogens (tertiary/aromatic N) is 1. The molecular weight excluding hydrogens is 361 g/mol. The maximum absolute atomic E-state index is 14.9. The summed E-state index contributed by atoms with van der Waals surface area (Å²) in [5.74, 6) is 0.474. The number of hydrogen-bond acceptors (Lipinski definition) is 6. The summed E-state index contributed by atoms with van der Waals surface area (Å²) < 4.78 is 20.3. The van der Waals surface area contributed by atoms with Crippen molar-refractivity contribution in [3.63, 3.8) is 0 Å². The Morgan fingerprint density at radius 2 is 2.04 bits per heavy atom. The number of pyridine rings is 1. The van der Waals surface area contributed by atoms with Gasteiger partial charge >= 0.3 is 0 Å². The number of ether oxygens (including phenoxy) is 1. The summed E-state index contributed by atoms with van der Waals surface area (Å²) in [4.78, 5) is 16.1. The van der Waals surface area contributed by atoms with Crippen molar-refractivity contribution >= 4 is 17.3 Å². The number of halogens is 1. The topological polar surface area (TPSA) is 97.5 Å². The van der Waals surface area contributed by atoms with E-state index in [1.165, 1.54) is 32.4 Å². The molecule has 1 fully saturated rings. The Bertz CT molecular complexity index is 864. The first-order chi connectivity index (χ1) is 13.4. The molecule has 1 aliphatic rings. The zero-order valence-electron chi connectivity index (χ0n) is 16.2. The monoisotopic (exact) mass is 387 g/mol. The molecule has 3 rings (SSSR count). The molecule has 1 aromatic heterocycles. The van der Waals surface area contributed by atoms with Gasteiger partial charge in [0.2, 0.25) is 0 Å². The first kappa shape index (κ1) is 20.1. The van der Waals surface area contributed by atoms with Gasteiger partial charge in [-0.25, -0.2) is 9.37 Å². The number of nitrogen functional groups attached to an aromatic ring is 1. The SMILES string of the molecule is COc1cc(NCC2CCC(O)CC2)ncc1-c1ccc(N)c(C(C)=O)c1F. The van der Waals surface area contributed by atoms with Crippen molar-refractivity contribution in [3.05, 3.63) is 35.8 Å². The van der Waals surface area contributed by atoms with Crippen molar-refractivity contribution in [2.24, 2.45) is 5.92 Å². The molecule has 6 nitrogen and oxygen atoms in total. The number of Topliss-reactive ketones (excluding diaryl/α,β-unsaturated/α-hetero) is 1. The highest BCUT2D eigenvalue weighted by atomic mass is 19.1. The average molecular weight is 387 g/mol. The van der Waals surface area contributed by atoms with Crippen LogP contribution in [0.15, 0.2) is 24.4 Å². The van der Waals surface area contributed by atoms with E-state index in [1.54, 1.807) is 6.07 Å². The third-order valence-corrected chi connectivity index (χ3v) is 5.29. The summed E-state index contributed by atoms with van der Waals surface area (Å²) in [5, 5.41) is 12.9. The first-order valence-corrected chi connectivity index (χ1v) is 9.46. The standard InChI is InChI=1S/C21H26FN3O3/c1-12(26)20-17(23)8-7-15(21(20)22)16-11-25-19(9-18(16)28-2)24-10-13-3-5-14(27)6-4-13/h7-9,11,13-14,27H,3-6,10,23H2,1-2H3,(H,24,25). The number of carbonyl (C=O) groups is 1. The van der Waals surface area contributed by atoms with Gasteiger partial charge in [-0.05, 0) is 50.7 Å². The lowest BCUT2D eigenvalue weighted by Gasteiger charge is -2.25. The number of ketones is 1. The molecule has 1 saturated carbocycles. The molecule has 0 saturated heterocycles. The second-order valence-electron chi connectivity index (χ2n) is 7.27. The first-order valence-electron chi connectivity index (χ1n) is 9.46. The van der Waals surface area contributed by atoms with Crippen molar-refractivity contribution in [1.29, 1.82) is 0 Å². The molecule has 1 heterocycles. The maximum Gasteiger partial charge on any atom is 0.164 e. The molecule has 1 aromatic carbocycles. The van der Waals surface area contributed by atoms with Crippen LogP contribution in [0.2, 0.25) is 0 Å². The highest BCUT2D eigenvalue weighted by molar-refractivity contribution is 6.01. The Morgan fingerprint density at radius 1 is 1.32 bits per heavy atom. The predicted molar refractivity (Wildman–Crippen MR) is 107 cm³/mol. The number of benzene rings is 1. The van der Waals surface area contributed by atoms with Crippen LogP contribution in [0.1, 0.15) is 43.0 Å². The Balaban J connectivity index is 1.82. The fourth-order valence-electron chi connectivity index (χ4n) is 3.66. The van der Waals surface area contributed by atoms with E-state index >= 15 is 0 Å². The predicted octanol–water partition coefficient (Wildman–Crippen LogP) is 3.64. The van der Waals surface area contributed by atoms with Gasteiger partial charge < -0.3 is 20.9 Å². The van der Waals surface area contributed by atoms with Gasteiger partial charge in [-0.2, -0.15) is 0 Å². The van der Waals surface area contributed by atoms with Gasteiger partial charge in [0.25, 0.3) is 0 Å². The van der Waals surface area contributed by atoms with Gasteiger partial charge in [0, 0.05) is 35.6 Å². The highest BCUT2D eigenvalue weighted by Crippen LogP contribution is 2.35. The lowest BCUT2D eigenvalue weighted by Crippen LogP contribution is -2.23. The molecule has 0 bridgehead atoms. The highest BCUT2D eigenvalue weighted by Gasteiger charge is 2.21. The van der Waals surface area contributed by atoms with Crippen molar-refractivity contribution in [3.8, 4) is 16.9 Å².